The number of nitrogens with zero attached hydrogens (tertiary/aromatic N) is 4. The molecule has 188 valence electrons. The van der Waals surface area contributed by atoms with Crippen molar-refractivity contribution in [3.8, 4) is 0 Å². The molecule has 1 unspecified atom stereocenters. The van der Waals surface area contributed by atoms with Gasteiger partial charge in [0.05, 0.1) is 19.8 Å². The second-order valence-corrected chi connectivity index (χ2v) is 9.02. The fourth-order valence-corrected chi connectivity index (χ4v) is 4.42. The van der Waals surface area contributed by atoms with E-state index in [1.807, 2.05) is 0 Å². The van der Waals surface area contributed by atoms with E-state index in [1.54, 1.807) is 0 Å². The standard InChI is InChI=1S/C25H44N6O.HI/c1-4-26-25(28-21-23(3)30-16-18-32-19-17-30)27-10-5-6-11-29-12-14-31(15-13-29)24-9-7-8-22(2)20-24;/h7-9,20,23H,4-6,10-19,21H2,1-3H3,(H2,26,27,28);1H. The Morgan fingerprint density at radius 1 is 1.06 bits per heavy atom. The monoisotopic (exact) mass is 572 g/mol. The summed E-state index contributed by atoms with van der Waals surface area (Å²) in [6.45, 7) is 18.7. The molecular formula is C25H45IN6O. The van der Waals surface area contributed by atoms with Crippen LogP contribution in [0.1, 0.15) is 32.3 Å². The van der Waals surface area contributed by atoms with E-state index in [0.29, 0.717) is 6.04 Å². The van der Waals surface area contributed by atoms with E-state index in [2.05, 4.69) is 70.4 Å². The van der Waals surface area contributed by atoms with Crippen LogP contribution in [0.15, 0.2) is 29.3 Å². The minimum Gasteiger partial charge on any atom is -0.379 e. The van der Waals surface area contributed by atoms with Crippen LogP contribution in [0.25, 0.3) is 0 Å². The number of nitrogens with one attached hydrogen (secondary N) is 2. The molecular weight excluding hydrogens is 527 g/mol. The second-order valence-electron chi connectivity index (χ2n) is 9.02. The van der Waals surface area contributed by atoms with E-state index in [-0.39, 0.29) is 24.0 Å². The van der Waals surface area contributed by atoms with Crippen LogP contribution in [0.3, 0.4) is 0 Å². The summed E-state index contributed by atoms with van der Waals surface area (Å²) in [6, 6.07) is 9.32. The molecule has 1 aromatic carbocycles. The Kier molecular flexibility index (Phi) is 13.4. The highest BCUT2D eigenvalue weighted by molar-refractivity contribution is 14.0. The number of guanidine groups is 1. The lowest BCUT2D eigenvalue weighted by molar-refractivity contribution is 0.0220. The van der Waals surface area contributed by atoms with Crippen LogP contribution in [0.5, 0.6) is 0 Å². The predicted octanol–water partition coefficient (Wildman–Crippen LogP) is 2.79. The van der Waals surface area contributed by atoms with Gasteiger partial charge in [0.2, 0.25) is 0 Å². The molecule has 2 heterocycles. The predicted molar refractivity (Wildman–Crippen MR) is 150 cm³/mol. The zero-order valence-corrected chi connectivity index (χ0v) is 23.2. The average molecular weight is 573 g/mol. The molecule has 0 aromatic heterocycles. The summed E-state index contributed by atoms with van der Waals surface area (Å²) in [6.07, 6.45) is 2.39. The topological polar surface area (TPSA) is 55.4 Å². The molecule has 33 heavy (non-hydrogen) atoms. The molecule has 8 heteroatoms. The molecule has 1 aromatic rings. The number of benzene rings is 1. The maximum Gasteiger partial charge on any atom is 0.191 e. The number of hydrogen-bond acceptors (Lipinski definition) is 5. The maximum atomic E-state index is 5.46. The number of anilines is 1. The number of rotatable bonds is 10. The van der Waals surface area contributed by atoms with Crippen LogP contribution >= 0.6 is 24.0 Å². The summed E-state index contributed by atoms with van der Waals surface area (Å²) in [5, 5.41) is 6.90. The zero-order chi connectivity index (χ0) is 22.6. The molecule has 2 fully saturated rings. The first-order chi connectivity index (χ1) is 15.7. The summed E-state index contributed by atoms with van der Waals surface area (Å²) >= 11 is 0. The van der Waals surface area contributed by atoms with Gasteiger partial charge in [0.1, 0.15) is 0 Å². The van der Waals surface area contributed by atoms with E-state index in [0.717, 1.165) is 78.1 Å². The molecule has 0 bridgehead atoms. The average Bonchev–Trinajstić information content (AvgIpc) is 2.83. The third-order valence-electron chi connectivity index (χ3n) is 6.46. The first kappa shape index (κ1) is 28.1. The first-order valence-corrected chi connectivity index (χ1v) is 12.5. The highest BCUT2D eigenvalue weighted by Crippen LogP contribution is 2.17. The van der Waals surface area contributed by atoms with Gasteiger partial charge in [-0.1, -0.05) is 12.1 Å². The molecule has 3 rings (SSSR count). The van der Waals surface area contributed by atoms with Gasteiger partial charge in [0.15, 0.2) is 5.96 Å². The van der Waals surface area contributed by atoms with Crippen molar-refractivity contribution in [3.63, 3.8) is 0 Å². The summed E-state index contributed by atoms with van der Waals surface area (Å²) in [4.78, 5) is 12.4. The van der Waals surface area contributed by atoms with Crippen LogP contribution in [0.4, 0.5) is 5.69 Å². The largest absolute Gasteiger partial charge is 0.379 e. The Hall–Kier alpha value is -1.10. The van der Waals surface area contributed by atoms with Gasteiger partial charge in [-0.3, -0.25) is 14.8 Å². The van der Waals surface area contributed by atoms with E-state index in [1.165, 1.54) is 30.6 Å². The smallest absolute Gasteiger partial charge is 0.191 e. The first-order valence-electron chi connectivity index (χ1n) is 12.5. The summed E-state index contributed by atoms with van der Waals surface area (Å²) in [5.74, 6) is 0.944. The molecule has 2 N–H and O–H groups in total. The second kappa shape index (κ2) is 15.7. The number of halogens is 1. The lowest BCUT2D eigenvalue weighted by atomic mass is 10.2. The van der Waals surface area contributed by atoms with Crippen molar-refractivity contribution < 1.29 is 4.74 Å². The van der Waals surface area contributed by atoms with Crippen molar-refractivity contribution in [1.29, 1.82) is 0 Å². The lowest BCUT2D eigenvalue weighted by Crippen LogP contribution is -2.46. The molecule has 0 spiro atoms. The molecule has 0 saturated carbocycles. The van der Waals surface area contributed by atoms with Crippen LogP contribution in [-0.2, 0) is 4.74 Å². The van der Waals surface area contributed by atoms with Gasteiger partial charge >= 0.3 is 0 Å². The number of morpholine rings is 1. The van der Waals surface area contributed by atoms with Crippen molar-refractivity contribution in [2.24, 2.45) is 4.99 Å². The molecule has 7 nitrogen and oxygen atoms in total. The van der Waals surface area contributed by atoms with Gasteiger partial charge in [0.25, 0.3) is 0 Å². The van der Waals surface area contributed by atoms with Crippen molar-refractivity contribution in [3.05, 3.63) is 29.8 Å². The van der Waals surface area contributed by atoms with Crippen LogP contribution in [0.2, 0.25) is 0 Å². The number of aliphatic imine (C=N–C) groups is 1. The number of piperazine rings is 1. The third kappa shape index (κ3) is 9.96. The Bertz CT molecular complexity index is 689. The van der Waals surface area contributed by atoms with E-state index in [4.69, 9.17) is 9.73 Å². The Balaban J connectivity index is 0.00000385. The van der Waals surface area contributed by atoms with Gasteiger partial charge in [-0.25, -0.2) is 0 Å². The molecule has 0 amide bonds. The highest BCUT2D eigenvalue weighted by atomic mass is 127. The van der Waals surface area contributed by atoms with E-state index >= 15 is 0 Å². The minimum atomic E-state index is 0. The molecule has 1 atom stereocenters. The van der Waals surface area contributed by atoms with Crippen LogP contribution in [0, 0.1) is 6.92 Å². The number of aryl methyl sites for hydroxylation is 1. The molecule has 2 saturated heterocycles. The summed E-state index contributed by atoms with van der Waals surface area (Å²) < 4.78 is 5.46. The molecule has 0 aliphatic carbocycles. The van der Waals surface area contributed by atoms with E-state index in [9.17, 15) is 0 Å². The fraction of sp³-hybridized carbons (Fsp3) is 0.720. The minimum absolute atomic E-state index is 0. The molecule has 2 aliphatic rings. The maximum absolute atomic E-state index is 5.46. The molecule has 0 radical (unpaired) electrons. The Morgan fingerprint density at radius 3 is 2.52 bits per heavy atom. The van der Waals surface area contributed by atoms with Crippen LogP contribution < -0.4 is 15.5 Å². The van der Waals surface area contributed by atoms with Crippen molar-refractivity contribution >= 4 is 35.6 Å². The van der Waals surface area contributed by atoms with Gasteiger partial charge in [-0.05, 0) is 57.9 Å². The number of ether oxygens (including phenoxy) is 1. The summed E-state index contributed by atoms with van der Waals surface area (Å²) in [7, 11) is 0. The van der Waals surface area contributed by atoms with Crippen LogP contribution in [-0.4, -0.2) is 100 Å². The molecule has 2 aliphatic heterocycles. The SMILES string of the molecule is CCNC(=NCC(C)N1CCOCC1)NCCCCN1CCN(c2cccc(C)c2)CC1.I. The zero-order valence-electron chi connectivity index (χ0n) is 20.9. The summed E-state index contributed by atoms with van der Waals surface area (Å²) in [5.41, 5.74) is 2.71. The van der Waals surface area contributed by atoms with Crippen molar-refractivity contribution in [2.45, 2.75) is 39.7 Å². The van der Waals surface area contributed by atoms with E-state index < -0.39 is 0 Å². The Labute approximate surface area is 218 Å². The Morgan fingerprint density at radius 2 is 1.82 bits per heavy atom. The van der Waals surface area contributed by atoms with Gasteiger partial charge < -0.3 is 20.3 Å². The van der Waals surface area contributed by atoms with Gasteiger partial charge in [0, 0.05) is 64.1 Å². The van der Waals surface area contributed by atoms with Gasteiger partial charge in [-0.2, -0.15) is 0 Å². The quantitative estimate of drug-likeness (QED) is 0.195. The lowest BCUT2D eigenvalue weighted by Gasteiger charge is -2.36. The van der Waals surface area contributed by atoms with Crippen molar-refractivity contribution in [2.75, 3.05) is 83.6 Å². The number of unbranched alkanes of at least 4 members (excludes halogenated alkanes) is 1. The fourth-order valence-electron chi connectivity index (χ4n) is 4.42. The highest BCUT2D eigenvalue weighted by Gasteiger charge is 2.18. The number of hydrogen-bond donors (Lipinski definition) is 2. The third-order valence-corrected chi connectivity index (χ3v) is 6.46. The van der Waals surface area contributed by atoms with Gasteiger partial charge in [-0.15, -0.1) is 24.0 Å². The van der Waals surface area contributed by atoms with Crippen molar-refractivity contribution in [1.82, 2.24) is 20.4 Å². The normalized spacial score (nSPS) is 19.1.